The largest absolute Gasteiger partial charge is 0.383 e. The monoisotopic (exact) mass is 390 g/mol. The van der Waals surface area contributed by atoms with E-state index in [0.717, 1.165) is 10.0 Å². The number of amides is 2. The van der Waals surface area contributed by atoms with E-state index in [-0.39, 0.29) is 11.8 Å². The Balaban J connectivity index is 2.09. The summed E-state index contributed by atoms with van der Waals surface area (Å²) in [6.07, 6.45) is 0. The third-order valence-electron chi connectivity index (χ3n) is 3.35. The van der Waals surface area contributed by atoms with Gasteiger partial charge in [-0.25, -0.2) is 0 Å². The summed E-state index contributed by atoms with van der Waals surface area (Å²) < 4.78 is 5.70. The lowest BCUT2D eigenvalue weighted by molar-refractivity contribution is 0.0937. The number of carbonyl (C=O) groups excluding carboxylic acids is 2. The molecule has 0 aliphatic rings. The molecule has 0 saturated heterocycles. The minimum atomic E-state index is -0.272. The third-order valence-corrected chi connectivity index (χ3v) is 4.01. The van der Waals surface area contributed by atoms with Gasteiger partial charge < -0.3 is 15.4 Å². The summed E-state index contributed by atoms with van der Waals surface area (Å²) >= 11 is 3.43. The van der Waals surface area contributed by atoms with Crippen LogP contribution in [0.4, 0.5) is 5.69 Å². The van der Waals surface area contributed by atoms with Gasteiger partial charge in [-0.1, -0.05) is 12.1 Å². The summed E-state index contributed by atoms with van der Waals surface area (Å²) in [5, 5.41) is 5.56. The van der Waals surface area contributed by atoms with Crippen LogP contribution in [0.3, 0.4) is 0 Å². The summed E-state index contributed by atoms with van der Waals surface area (Å²) in [7, 11) is 1.57. The predicted molar refractivity (Wildman–Crippen MR) is 97.5 cm³/mol. The third kappa shape index (κ3) is 4.91. The summed E-state index contributed by atoms with van der Waals surface area (Å²) in [4.78, 5) is 24.4. The van der Waals surface area contributed by atoms with Crippen LogP contribution in [-0.4, -0.2) is 32.1 Å². The smallest absolute Gasteiger partial charge is 0.255 e. The highest BCUT2D eigenvalue weighted by Crippen LogP contribution is 2.24. The lowest BCUT2D eigenvalue weighted by Crippen LogP contribution is -2.27. The number of benzene rings is 2. The van der Waals surface area contributed by atoms with Crippen LogP contribution in [-0.2, 0) is 4.74 Å². The van der Waals surface area contributed by atoms with E-state index in [9.17, 15) is 9.59 Å². The van der Waals surface area contributed by atoms with Gasteiger partial charge in [0.25, 0.3) is 11.8 Å². The number of anilines is 1. The van der Waals surface area contributed by atoms with Crippen LogP contribution < -0.4 is 10.6 Å². The van der Waals surface area contributed by atoms with Gasteiger partial charge >= 0.3 is 0 Å². The molecule has 0 radical (unpaired) electrons. The second-order valence-corrected chi connectivity index (χ2v) is 6.12. The zero-order chi connectivity index (χ0) is 17.5. The van der Waals surface area contributed by atoms with E-state index in [1.807, 2.05) is 25.1 Å². The normalized spacial score (nSPS) is 10.3. The van der Waals surface area contributed by atoms with Crippen molar-refractivity contribution in [3.63, 3.8) is 0 Å². The predicted octanol–water partition coefficient (Wildman–Crippen LogP) is 3.39. The first-order valence-electron chi connectivity index (χ1n) is 7.46. The summed E-state index contributed by atoms with van der Waals surface area (Å²) in [5.41, 5.74) is 2.62. The van der Waals surface area contributed by atoms with E-state index in [0.29, 0.717) is 30.0 Å². The standard InChI is InChI=1S/C18H19BrN2O3/c1-12-6-7-16(15(19)10-12)21-18(23)14-5-3-4-13(11-14)17(22)20-8-9-24-2/h3-7,10-11H,8-9H2,1-2H3,(H,20,22)(H,21,23). The Labute approximate surface area is 149 Å². The van der Waals surface area contributed by atoms with Crippen molar-refractivity contribution in [3.05, 3.63) is 63.6 Å². The number of ether oxygens (including phenoxy) is 1. The fourth-order valence-corrected chi connectivity index (χ4v) is 2.68. The van der Waals surface area contributed by atoms with E-state index >= 15 is 0 Å². The van der Waals surface area contributed by atoms with E-state index in [4.69, 9.17) is 4.74 Å². The van der Waals surface area contributed by atoms with Gasteiger partial charge in [-0.2, -0.15) is 0 Å². The molecule has 2 amide bonds. The van der Waals surface area contributed by atoms with E-state index in [2.05, 4.69) is 26.6 Å². The Kier molecular flexibility index (Phi) is 6.52. The van der Waals surface area contributed by atoms with Crippen molar-refractivity contribution in [2.45, 2.75) is 6.92 Å². The number of halogens is 1. The van der Waals surface area contributed by atoms with Crippen molar-refractivity contribution in [2.75, 3.05) is 25.6 Å². The Morgan fingerprint density at radius 3 is 2.46 bits per heavy atom. The van der Waals surface area contributed by atoms with Crippen molar-refractivity contribution in [1.82, 2.24) is 5.32 Å². The molecule has 0 unspecified atom stereocenters. The molecule has 2 rings (SSSR count). The molecule has 6 heteroatoms. The summed E-state index contributed by atoms with van der Waals surface area (Å²) in [6, 6.07) is 12.3. The molecule has 0 bridgehead atoms. The number of aryl methyl sites for hydroxylation is 1. The fraction of sp³-hybridized carbons (Fsp3) is 0.222. The maximum Gasteiger partial charge on any atom is 0.255 e. The molecule has 126 valence electrons. The van der Waals surface area contributed by atoms with Crippen molar-refractivity contribution in [2.24, 2.45) is 0 Å². The number of nitrogens with one attached hydrogen (secondary N) is 2. The average Bonchev–Trinajstić information content (AvgIpc) is 2.57. The Morgan fingerprint density at radius 1 is 1.08 bits per heavy atom. The summed E-state index contributed by atoms with van der Waals surface area (Å²) in [5.74, 6) is -0.510. The molecule has 5 nitrogen and oxygen atoms in total. The van der Waals surface area contributed by atoms with Gasteiger partial charge in [0, 0.05) is 29.3 Å². The van der Waals surface area contributed by atoms with E-state index in [1.165, 1.54) is 0 Å². The maximum atomic E-state index is 12.4. The SMILES string of the molecule is COCCNC(=O)c1cccc(C(=O)Nc2ccc(C)cc2Br)c1. The molecular weight excluding hydrogens is 372 g/mol. The van der Waals surface area contributed by atoms with E-state index < -0.39 is 0 Å². The average molecular weight is 391 g/mol. The molecular formula is C18H19BrN2O3. The number of hydrogen-bond acceptors (Lipinski definition) is 3. The highest BCUT2D eigenvalue weighted by atomic mass is 79.9. The Bertz CT molecular complexity index is 747. The van der Waals surface area contributed by atoms with Crippen LogP contribution in [0.15, 0.2) is 46.9 Å². The molecule has 0 heterocycles. The van der Waals surface area contributed by atoms with Crippen molar-refractivity contribution < 1.29 is 14.3 Å². The zero-order valence-corrected chi connectivity index (χ0v) is 15.1. The Hall–Kier alpha value is -2.18. The fourth-order valence-electron chi connectivity index (χ4n) is 2.09. The zero-order valence-electron chi connectivity index (χ0n) is 13.6. The van der Waals surface area contributed by atoms with Crippen molar-refractivity contribution in [3.8, 4) is 0 Å². The lowest BCUT2D eigenvalue weighted by Gasteiger charge is -2.09. The van der Waals surface area contributed by atoms with Crippen molar-refractivity contribution in [1.29, 1.82) is 0 Å². The molecule has 2 aromatic carbocycles. The van der Waals surface area contributed by atoms with Crippen LogP contribution in [0.5, 0.6) is 0 Å². The van der Waals surface area contributed by atoms with Crippen molar-refractivity contribution >= 4 is 33.4 Å². The molecule has 0 spiro atoms. The van der Waals surface area contributed by atoms with Crippen LogP contribution in [0.25, 0.3) is 0 Å². The van der Waals surface area contributed by atoms with Crippen LogP contribution >= 0.6 is 15.9 Å². The van der Waals surface area contributed by atoms with Gasteiger partial charge in [-0.15, -0.1) is 0 Å². The molecule has 0 saturated carbocycles. The molecule has 0 aliphatic carbocycles. The number of carbonyl (C=O) groups is 2. The highest BCUT2D eigenvalue weighted by molar-refractivity contribution is 9.10. The van der Waals surface area contributed by atoms with E-state index in [1.54, 1.807) is 31.4 Å². The van der Waals surface area contributed by atoms with Crippen LogP contribution in [0.2, 0.25) is 0 Å². The lowest BCUT2D eigenvalue weighted by atomic mass is 10.1. The van der Waals surface area contributed by atoms with Gasteiger partial charge in [-0.05, 0) is 58.7 Å². The van der Waals surface area contributed by atoms with Crippen LogP contribution in [0, 0.1) is 6.92 Å². The topological polar surface area (TPSA) is 67.4 Å². The molecule has 0 aromatic heterocycles. The molecule has 0 fully saturated rings. The first-order valence-corrected chi connectivity index (χ1v) is 8.25. The van der Waals surface area contributed by atoms with Gasteiger partial charge in [0.05, 0.1) is 12.3 Å². The molecule has 24 heavy (non-hydrogen) atoms. The highest BCUT2D eigenvalue weighted by Gasteiger charge is 2.11. The minimum Gasteiger partial charge on any atom is -0.383 e. The summed E-state index contributed by atoms with van der Waals surface area (Å²) in [6.45, 7) is 2.83. The first-order chi connectivity index (χ1) is 11.5. The number of hydrogen-bond donors (Lipinski definition) is 2. The van der Waals surface area contributed by atoms with Gasteiger partial charge in [0.15, 0.2) is 0 Å². The second-order valence-electron chi connectivity index (χ2n) is 5.27. The second kappa shape index (κ2) is 8.61. The van der Waals surface area contributed by atoms with Gasteiger partial charge in [-0.3, -0.25) is 9.59 Å². The Morgan fingerprint density at radius 2 is 1.79 bits per heavy atom. The molecule has 2 N–H and O–H groups in total. The quantitative estimate of drug-likeness (QED) is 0.742. The number of rotatable bonds is 6. The van der Waals surface area contributed by atoms with Gasteiger partial charge in [0.2, 0.25) is 0 Å². The maximum absolute atomic E-state index is 12.4. The van der Waals surface area contributed by atoms with Gasteiger partial charge in [0.1, 0.15) is 0 Å². The number of methoxy groups -OCH3 is 1. The molecule has 0 aliphatic heterocycles. The first kappa shape index (κ1) is 18.2. The molecule has 0 atom stereocenters. The van der Waals surface area contributed by atoms with Crippen LogP contribution in [0.1, 0.15) is 26.3 Å². The molecule has 2 aromatic rings. The minimum absolute atomic E-state index is 0.238.